The van der Waals surface area contributed by atoms with Gasteiger partial charge in [-0.25, -0.2) is 9.97 Å². The van der Waals surface area contributed by atoms with Crippen molar-refractivity contribution in [3.63, 3.8) is 0 Å². The molecule has 1 N–H and O–H groups in total. The average molecular weight is 579 g/mol. The number of methoxy groups -OCH3 is 1. The van der Waals surface area contributed by atoms with Crippen molar-refractivity contribution < 1.29 is 37.3 Å². The van der Waals surface area contributed by atoms with Crippen molar-refractivity contribution in [2.24, 2.45) is 5.92 Å². The summed E-state index contributed by atoms with van der Waals surface area (Å²) in [5.41, 5.74) is 2.96. The topological polar surface area (TPSA) is 97.2 Å². The number of nitrogens with zero attached hydrogens (tertiary/aromatic N) is 4. The second-order valence-corrected chi connectivity index (χ2v) is 11.2. The fraction of sp³-hybridized carbons (Fsp3) is 0.621. The number of hydrogen-bond acceptors (Lipinski definition) is 8. The molecule has 1 unspecified atom stereocenters. The highest BCUT2D eigenvalue weighted by molar-refractivity contribution is 5.68. The molecule has 0 spiro atoms. The molecular formula is C29H37F3N4O5. The zero-order valence-corrected chi connectivity index (χ0v) is 23.2. The van der Waals surface area contributed by atoms with Crippen molar-refractivity contribution in [1.29, 1.82) is 0 Å². The van der Waals surface area contributed by atoms with Crippen LogP contribution >= 0.6 is 0 Å². The predicted octanol–water partition coefficient (Wildman–Crippen LogP) is 4.86. The summed E-state index contributed by atoms with van der Waals surface area (Å²) in [5.74, 6) is 1.14. The van der Waals surface area contributed by atoms with Gasteiger partial charge in [-0.1, -0.05) is 0 Å². The molecule has 0 saturated carbocycles. The molecule has 9 nitrogen and oxygen atoms in total. The van der Waals surface area contributed by atoms with Crippen molar-refractivity contribution >= 4 is 11.7 Å². The van der Waals surface area contributed by atoms with E-state index in [1.165, 1.54) is 4.90 Å². The van der Waals surface area contributed by atoms with Gasteiger partial charge in [0.2, 0.25) is 11.8 Å². The molecular weight excluding hydrogens is 541 g/mol. The number of alkyl halides is 3. The zero-order chi connectivity index (χ0) is 29.0. The molecule has 2 aromatic rings. The van der Waals surface area contributed by atoms with Crippen LogP contribution in [0.1, 0.15) is 61.5 Å². The maximum absolute atomic E-state index is 12.8. The molecule has 2 saturated heterocycles. The van der Waals surface area contributed by atoms with E-state index in [1.54, 1.807) is 13.3 Å². The molecule has 224 valence electrons. The summed E-state index contributed by atoms with van der Waals surface area (Å²) in [6.07, 6.45) is 3.10. The average Bonchev–Trinajstić information content (AvgIpc) is 2.95. The molecule has 0 radical (unpaired) electrons. The van der Waals surface area contributed by atoms with Crippen molar-refractivity contribution in [3.05, 3.63) is 35.7 Å². The molecule has 2 aromatic heterocycles. The number of fused-ring (bicyclic) bond motifs is 1. The van der Waals surface area contributed by atoms with Gasteiger partial charge in [-0.15, -0.1) is 0 Å². The molecule has 5 heterocycles. The summed E-state index contributed by atoms with van der Waals surface area (Å²) >= 11 is 0. The first kappa shape index (κ1) is 29.2. The van der Waals surface area contributed by atoms with E-state index in [1.807, 2.05) is 18.3 Å². The second-order valence-electron chi connectivity index (χ2n) is 11.2. The number of carboxylic acids is 1. The first-order valence-electron chi connectivity index (χ1n) is 14.2. The quantitative estimate of drug-likeness (QED) is 0.447. The number of aliphatic carboxylic acids is 1. The Morgan fingerprint density at radius 3 is 2.44 bits per heavy atom. The van der Waals surface area contributed by atoms with Gasteiger partial charge in [-0.05, 0) is 62.6 Å². The number of pyridine rings is 2. The standard InChI is InChI=1S/C29H37F3N4O5/c1-39-26-14-24(23(15-33-26)20-4-7-35(8-5-20)18-29(30,31)32)36-9-2-19(3-10-36)17-41-27-13-22-21(12-28(37)38)6-11-40-25(22)16-34-27/h13-16,19-21H,2-12,17-18H2,1H3,(H,37,38). The Hall–Kier alpha value is -3.28. The maximum Gasteiger partial charge on any atom is 0.401 e. The van der Waals surface area contributed by atoms with Crippen LogP contribution in [0.2, 0.25) is 0 Å². The number of carboxylic acid groups (broad SMARTS) is 1. The van der Waals surface area contributed by atoms with E-state index in [9.17, 15) is 23.1 Å². The van der Waals surface area contributed by atoms with Gasteiger partial charge >= 0.3 is 12.1 Å². The minimum atomic E-state index is -4.18. The third kappa shape index (κ3) is 7.52. The summed E-state index contributed by atoms with van der Waals surface area (Å²) in [7, 11) is 1.58. The lowest BCUT2D eigenvalue weighted by atomic mass is 9.88. The van der Waals surface area contributed by atoms with Gasteiger partial charge in [0.25, 0.3) is 0 Å². The molecule has 0 bridgehead atoms. The monoisotopic (exact) mass is 578 g/mol. The number of likely N-dealkylation sites (tertiary alicyclic amines) is 1. The van der Waals surface area contributed by atoms with E-state index in [0.29, 0.717) is 69.0 Å². The SMILES string of the molecule is COc1cc(N2CCC(COc3cc4c(cn3)OCCC4CC(=O)O)CC2)c(C2CCN(CC(F)(F)F)CC2)cn1. The van der Waals surface area contributed by atoms with Crippen molar-refractivity contribution in [1.82, 2.24) is 14.9 Å². The minimum absolute atomic E-state index is 0.0483. The van der Waals surface area contributed by atoms with Gasteiger partial charge in [-0.2, -0.15) is 13.2 Å². The van der Waals surface area contributed by atoms with Crippen LogP contribution in [0.15, 0.2) is 24.5 Å². The fourth-order valence-corrected chi connectivity index (χ4v) is 6.18. The highest BCUT2D eigenvalue weighted by Crippen LogP contribution is 2.39. The van der Waals surface area contributed by atoms with Crippen molar-refractivity contribution in [3.8, 4) is 17.5 Å². The van der Waals surface area contributed by atoms with Crippen LogP contribution in [0.4, 0.5) is 18.9 Å². The molecule has 0 aromatic carbocycles. The first-order valence-corrected chi connectivity index (χ1v) is 14.2. The Labute approximate surface area is 237 Å². The first-order chi connectivity index (χ1) is 19.7. The molecule has 3 aliphatic heterocycles. The highest BCUT2D eigenvalue weighted by Gasteiger charge is 2.34. The number of aromatic nitrogens is 2. The molecule has 0 aliphatic carbocycles. The number of carbonyl (C=O) groups is 1. The normalized spacial score (nSPS) is 20.8. The number of rotatable bonds is 9. The summed E-state index contributed by atoms with van der Waals surface area (Å²) < 4.78 is 55.7. The van der Waals surface area contributed by atoms with Crippen molar-refractivity contribution in [2.45, 2.75) is 56.5 Å². The minimum Gasteiger partial charge on any atom is -0.492 e. The summed E-state index contributed by atoms with van der Waals surface area (Å²) in [5, 5.41) is 9.26. The molecule has 1 atom stereocenters. The Morgan fingerprint density at radius 2 is 1.76 bits per heavy atom. The van der Waals surface area contributed by atoms with E-state index in [4.69, 9.17) is 14.2 Å². The van der Waals surface area contributed by atoms with Crippen LogP contribution in [0.5, 0.6) is 17.5 Å². The molecule has 2 fully saturated rings. The van der Waals surface area contributed by atoms with Crippen LogP contribution in [-0.2, 0) is 4.79 Å². The Balaban J connectivity index is 1.18. The number of anilines is 1. The van der Waals surface area contributed by atoms with Gasteiger partial charge in [-0.3, -0.25) is 9.69 Å². The van der Waals surface area contributed by atoms with Gasteiger partial charge in [0, 0.05) is 48.6 Å². The third-order valence-electron chi connectivity index (χ3n) is 8.41. The Kier molecular flexibility index (Phi) is 9.06. The third-order valence-corrected chi connectivity index (χ3v) is 8.41. The van der Waals surface area contributed by atoms with E-state index in [-0.39, 0.29) is 18.3 Å². The molecule has 5 rings (SSSR count). The van der Waals surface area contributed by atoms with E-state index in [2.05, 4.69) is 14.9 Å². The zero-order valence-electron chi connectivity index (χ0n) is 23.2. The van der Waals surface area contributed by atoms with Gasteiger partial charge in [0.05, 0.1) is 39.5 Å². The van der Waals surface area contributed by atoms with Crippen molar-refractivity contribution in [2.75, 3.05) is 57.9 Å². The van der Waals surface area contributed by atoms with Crippen LogP contribution in [0.3, 0.4) is 0 Å². The van der Waals surface area contributed by atoms with E-state index < -0.39 is 18.7 Å². The number of piperidine rings is 2. The highest BCUT2D eigenvalue weighted by atomic mass is 19.4. The van der Waals surface area contributed by atoms with E-state index in [0.717, 1.165) is 42.7 Å². The van der Waals surface area contributed by atoms with Crippen LogP contribution in [0.25, 0.3) is 0 Å². The van der Waals surface area contributed by atoms with Gasteiger partial charge < -0.3 is 24.2 Å². The summed E-state index contributed by atoms with van der Waals surface area (Å²) in [6, 6.07) is 3.76. The van der Waals surface area contributed by atoms with Crippen LogP contribution in [-0.4, -0.2) is 85.2 Å². The molecule has 3 aliphatic rings. The summed E-state index contributed by atoms with van der Waals surface area (Å²) in [6.45, 7) is 2.58. The number of halogens is 3. The maximum atomic E-state index is 12.8. The predicted molar refractivity (Wildman–Crippen MR) is 145 cm³/mol. The fourth-order valence-electron chi connectivity index (χ4n) is 6.18. The molecule has 0 amide bonds. The lowest BCUT2D eigenvalue weighted by Crippen LogP contribution is -2.40. The van der Waals surface area contributed by atoms with Crippen LogP contribution in [0, 0.1) is 5.92 Å². The Bertz CT molecular complexity index is 1200. The summed E-state index contributed by atoms with van der Waals surface area (Å²) in [4.78, 5) is 23.9. The second kappa shape index (κ2) is 12.7. The molecule has 12 heteroatoms. The number of ether oxygens (including phenoxy) is 3. The van der Waals surface area contributed by atoms with Crippen LogP contribution < -0.4 is 19.1 Å². The smallest absolute Gasteiger partial charge is 0.401 e. The number of hydrogen-bond donors (Lipinski definition) is 1. The lowest BCUT2D eigenvalue weighted by molar-refractivity contribution is -0.148. The lowest BCUT2D eigenvalue weighted by Gasteiger charge is -2.37. The Morgan fingerprint density at radius 1 is 1.02 bits per heavy atom. The van der Waals surface area contributed by atoms with Gasteiger partial charge in [0.15, 0.2) is 0 Å². The molecule has 41 heavy (non-hydrogen) atoms. The van der Waals surface area contributed by atoms with Gasteiger partial charge in [0.1, 0.15) is 5.75 Å². The van der Waals surface area contributed by atoms with E-state index >= 15 is 0 Å². The largest absolute Gasteiger partial charge is 0.492 e.